The molecule has 0 aromatic heterocycles. The Hall–Kier alpha value is -2.37. The second-order valence-corrected chi connectivity index (χ2v) is 10.2. The molecule has 1 atom stereocenters. The molecule has 0 saturated carbocycles. The SMILES string of the molecule is CN(C)C(C)(C)/C=C/S(=O)(=NC#N)NC(=O)Nc1c2c(cc3c1CCC3)CCC2. The number of nitrogens with zero attached hydrogens (tertiary/aromatic N) is 3. The molecule has 29 heavy (non-hydrogen) atoms. The van der Waals surface area contributed by atoms with Crippen LogP contribution in [-0.2, 0) is 35.6 Å². The number of likely N-dealkylation sites (N-methyl/N-ethyl adjacent to an activating group) is 1. The number of hydrogen-bond acceptors (Lipinski definition) is 5. The van der Waals surface area contributed by atoms with Crippen molar-refractivity contribution in [2.75, 3.05) is 19.4 Å². The normalized spacial score (nSPS) is 17.5. The summed E-state index contributed by atoms with van der Waals surface area (Å²) in [6.45, 7) is 3.87. The van der Waals surface area contributed by atoms with Gasteiger partial charge in [-0.1, -0.05) is 16.5 Å². The number of anilines is 1. The molecule has 0 spiro atoms. The van der Waals surface area contributed by atoms with E-state index in [1.54, 1.807) is 12.3 Å². The van der Waals surface area contributed by atoms with Gasteiger partial charge in [0, 0.05) is 16.6 Å². The van der Waals surface area contributed by atoms with E-state index in [9.17, 15) is 9.00 Å². The van der Waals surface area contributed by atoms with E-state index in [-0.39, 0.29) is 0 Å². The van der Waals surface area contributed by atoms with Crippen LogP contribution in [0.15, 0.2) is 21.9 Å². The summed E-state index contributed by atoms with van der Waals surface area (Å²) in [5.41, 5.74) is 5.43. The lowest BCUT2D eigenvalue weighted by Crippen LogP contribution is -2.37. The molecule has 0 fully saturated rings. The molecule has 1 aromatic carbocycles. The third kappa shape index (κ3) is 4.62. The number of carbonyl (C=O) groups excluding carboxylic acids is 1. The Bertz CT molecular complexity index is 979. The number of aryl methyl sites for hydroxylation is 2. The lowest BCUT2D eigenvalue weighted by atomic mass is 9.99. The smallest absolute Gasteiger partial charge is 0.307 e. The Kier molecular flexibility index (Phi) is 6.01. The van der Waals surface area contributed by atoms with Crippen molar-refractivity contribution >= 4 is 21.6 Å². The quantitative estimate of drug-likeness (QED) is 0.719. The summed E-state index contributed by atoms with van der Waals surface area (Å²) >= 11 is 0. The van der Waals surface area contributed by atoms with E-state index in [1.807, 2.05) is 32.8 Å². The predicted molar refractivity (Wildman–Crippen MR) is 116 cm³/mol. The van der Waals surface area contributed by atoms with E-state index in [2.05, 4.69) is 20.5 Å². The second-order valence-electron chi connectivity index (χ2n) is 8.40. The summed E-state index contributed by atoms with van der Waals surface area (Å²) in [7, 11) is 0.428. The number of fused-ring (bicyclic) bond motifs is 2. The number of hydrogen-bond donors (Lipinski definition) is 2. The molecule has 8 heteroatoms. The van der Waals surface area contributed by atoms with Crippen molar-refractivity contribution in [1.29, 1.82) is 5.26 Å². The Morgan fingerprint density at radius 2 is 1.79 bits per heavy atom. The average molecular weight is 416 g/mol. The number of nitrogens with one attached hydrogen (secondary N) is 2. The topological polar surface area (TPSA) is 97.6 Å². The van der Waals surface area contributed by atoms with Gasteiger partial charge in [0.1, 0.15) is 0 Å². The summed E-state index contributed by atoms with van der Waals surface area (Å²) in [6, 6.07) is 1.68. The Morgan fingerprint density at radius 1 is 1.21 bits per heavy atom. The lowest BCUT2D eigenvalue weighted by molar-refractivity contribution is 0.252. The van der Waals surface area contributed by atoms with E-state index in [0.29, 0.717) is 0 Å². The molecule has 0 heterocycles. The fourth-order valence-corrected chi connectivity index (χ4v) is 4.92. The summed E-state index contributed by atoms with van der Waals surface area (Å²) in [6.07, 6.45) is 9.35. The van der Waals surface area contributed by atoms with Crippen molar-refractivity contribution in [3.8, 4) is 6.19 Å². The third-order valence-electron chi connectivity index (χ3n) is 5.94. The molecule has 2 aliphatic carbocycles. The fraction of sp³-hybridized carbons (Fsp3) is 0.524. The van der Waals surface area contributed by atoms with Crippen LogP contribution in [0.1, 0.15) is 48.9 Å². The van der Waals surface area contributed by atoms with Gasteiger partial charge >= 0.3 is 6.03 Å². The highest BCUT2D eigenvalue weighted by Gasteiger charge is 2.26. The summed E-state index contributed by atoms with van der Waals surface area (Å²) in [5.74, 6) is 0. The van der Waals surface area contributed by atoms with Gasteiger partial charge in [0.25, 0.3) is 0 Å². The van der Waals surface area contributed by atoms with Gasteiger partial charge in [-0.05, 0) is 88.7 Å². The van der Waals surface area contributed by atoms with Crippen molar-refractivity contribution in [1.82, 2.24) is 9.62 Å². The zero-order valence-electron chi connectivity index (χ0n) is 17.5. The van der Waals surface area contributed by atoms with Gasteiger partial charge in [-0.3, -0.25) is 0 Å². The maximum Gasteiger partial charge on any atom is 0.331 e. The van der Waals surface area contributed by atoms with Crippen molar-refractivity contribution in [3.05, 3.63) is 39.8 Å². The molecule has 2 N–H and O–H groups in total. The van der Waals surface area contributed by atoms with Crippen LogP contribution in [0.2, 0.25) is 0 Å². The largest absolute Gasteiger partial charge is 0.331 e. The van der Waals surface area contributed by atoms with E-state index < -0.39 is 21.5 Å². The van der Waals surface area contributed by atoms with Crippen LogP contribution in [0.3, 0.4) is 0 Å². The van der Waals surface area contributed by atoms with Crippen molar-refractivity contribution in [3.63, 3.8) is 0 Å². The molecule has 7 nitrogen and oxygen atoms in total. The van der Waals surface area contributed by atoms with Crippen LogP contribution in [0, 0.1) is 11.5 Å². The first-order chi connectivity index (χ1) is 13.6. The number of rotatable bonds is 5. The van der Waals surface area contributed by atoms with Gasteiger partial charge in [0.05, 0.1) is 0 Å². The average Bonchev–Trinajstić information content (AvgIpc) is 3.29. The molecule has 0 radical (unpaired) electrons. The number of carbonyl (C=O) groups is 1. The molecule has 0 bridgehead atoms. The maximum atomic E-state index is 13.1. The molecule has 1 unspecified atom stereocenters. The molecule has 0 aliphatic heterocycles. The lowest BCUT2D eigenvalue weighted by Gasteiger charge is -2.29. The Morgan fingerprint density at radius 3 is 2.31 bits per heavy atom. The molecule has 0 saturated heterocycles. The van der Waals surface area contributed by atoms with Crippen LogP contribution >= 0.6 is 0 Å². The fourth-order valence-electron chi connectivity index (χ4n) is 3.79. The highest BCUT2D eigenvalue weighted by Crippen LogP contribution is 2.38. The standard InChI is InChI=1S/C21H29N5O2S/c1-21(2,26(3)4)11-12-29(28,23-14-22)25-20(27)24-19-17-9-5-7-15(17)13-16-8-6-10-18(16)19/h11-13H,5-10H2,1-4H3,(H2,23,24,25,27,28)/b12-11+. The maximum absolute atomic E-state index is 13.1. The molecular weight excluding hydrogens is 386 g/mol. The van der Waals surface area contributed by atoms with Crippen molar-refractivity contribution in [2.24, 2.45) is 4.36 Å². The predicted octanol–water partition coefficient (Wildman–Crippen LogP) is 3.50. The van der Waals surface area contributed by atoms with Gasteiger partial charge in [0.15, 0.2) is 9.92 Å². The van der Waals surface area contributed by atoms with Gasteiger partial charge < -0.3 is 10.2 Å². The van der Waals surface area contributed by atoms with Crippen LogP contribution in [0.4, 0.5) is 10.5 Å². The Labute approximate surface area is 173 Å². The molecule has 3 rings (SSSR count). The van der Waals surface area contributed by atoms with E-state index in [1.165, 1.54) is 27.7 Å². The number of amides is 2. The van der Waals surface area contributed by atoms with Crippen molar-refractivity contribution < 1.29 is 9.00 Å². The first kappa shape index (κ1) is 21.3. The highest BCUT2D eigenvalue weighted by molar-refractivity contribution is 7.95. The number of benzene rings is 1. The van der Waals surface area contributed by atoms with E-state index >= 15 is 0 Å². The van der Waals surface area contributed by atoms with Gasteiger partial charge in [-0.15, -0.1) is 0 Å². The Balaban J connectivity index is 1.85. The molecular formula is C21H29N5O2S. The van der Waals surface area contributed by atoms with E-state index in [4.69, 9.17) is 5.26 Å². The van der Waals surface area contributed by atoms with Crippen LogP contribution in [-0.4, -0.2) is 34.8 Å². The third-order valence-corrected chi connectivity index (χ3v) is 7.28. The van der Waals surface area contributed by atoms with Gasteiger partial charge in [-0.2, -0.15) is 5.26 Å². The molecule has 2 amide bonds. The van der Waals surface area contributed by atoms with Gasteiger partial charge in [0.2, 0.25) is 6.19 Å². The minimum absolute atomic E-state index is 0.410. The second kappa shape index (κ2) is 8.17. The molecule has 1 aromatic rings. The number of urea groups is 1. The van der Waals surface area contributed by atoms with Crippen LogP contribution < -0.4 is 10.0 Å². The zero-order chi connectivity index (χ0) is 21.2. The molecule has 2 aliphatic rings. The van der Waals surface area contributed by atoms with Crippen LogP contribution in [0.5, 0.6) is 0 Å². The van der Waals surface area contributed by atoms with Crippen LogP contribution in [0.25, 0.3) is 0 Å². The van der Waals surface area contributed by atoms with Crippen molar-refractivity contribution in [2.45, 2.75) is 57.9 Å². The minimum atomic E-state index is -3.36. The summed E-state index contributed by atoms with van der Waals surface area (Å²) in [5, 5.41) is 13.2. The monoisotopic (exact) mass is 415 g/mol. The summed E-state index contributed by atoms with van der Waals surface area (Å²) < 4.78 is 19.0. The number of nitriles is 1. The van der Waals surface area contributed by atoms with Gasteiger partial charge in [-0.25, -0.2) is 13.7 Å². The molecule has 156 valence electrons. The zero-order valence-corrected chi connectivity index (χ0v) is 18.4. The first-order valence-electron chi connectivity index (χ1n) is 9.92. The minimum Gasteiger partial charge on any atom is -0.307 e. The first-order valence-corrected chi connectivity index (χ1v) is 11.5. The van der Waals surface area contributed by atoms with E-state index in [0.717, 1.165) is 44.2 Å². The highest BCUT2D eigenvalue weighted by atomic mass is 32.2. The summed E-state index contributed by atoms with van der Waals surface area (Å²) in [4.78, 5) is 14.7.